The average molecular weight is 324 g/mol. The number of halogens is 1. The molecule has 0 fully saturated rings. The fraction of sp³-hybridized carbons (Fsp3) is 0.167. The first-order valence-electron chi connectivity index (χ1n) is 7.60. The summed E-state index contributed by atoms with van der Waals surface area (Å²) in [5.74, 6) is 0.225. The van der Waals surface area contributed by atoms with Gasteiger partial charge in [-0.2, -0.15) is 0 Å². The molecule has 3 aromatic rings. The van der Waals surface area contributed by atoms with Crippen molar-refractivity contribution in [2.75, 3.05) is 11.9 Å². The molecule has 0 amide bonds. The van der Waals surface area contributed by atoms with Gasteiger partial charge >= 0.3 is 0 Å². The summed E-state index contributed by atoms with van der Waals surface area (Å²) in [6.45, 7) is 0.545. The molecule has 0 bridgehead atoms. The maximum atomic E-state index is 13.2. The zero-order valence-corrected chi connectivity index (χ0v) is 13.2. The Hall–Kier alpha value is -3.02. The minimum Gasteiger partial charge on any atom is -0.355 e. The van der Waals surface area contributed by atoms with Crippen molar-refractivity contribution in [2.24, 2.45) is 7.05 Å². The highest BCUT2D eigenvalue weighted by atomic mass is 19.1. The molecule has 0 aliphatic rings. The quantitative estimate of drug-likeness (QED) is 0.784. The molecule has 0 spiro atoms. The highest BCUT2D eigenvalue weighted by Crippen LogP contribution is 2.15. The van der Waals surface area contributed by atoms with E-state index in [4.69, 9.17) is 0 Å². The Bertz CT molecular complexity index is 893. The molecule has 0 radical (unpaired) electrons. The number of anilines is 1. The van der Waals surface area contributed by atoms with Crippen LogP contribution in [0.2, 0.25) is 0 Å². The summed E-state index contributed by atoms with van der Waals surface area (Å²) < 4.78 is 14.6. The van der Waals surface area contributed by atoms with E-state index in [0.29, 0.717) is 24.6 Å². The second kappa shape index (κ2) is 7.04. The van der Waals surface area contributed by atoms with Crippen LogP contribution in [0.5, 0.6) is 0 Å². The first kappa shape index (κ1) is 15.9. The van der Waals surface area contributed by atoms with Crippen LogP contribution in [-0.4, -0.2) is 21.1 Å². The third-order valence-electron chi connectivity index (χ3n) is 3.70. The van der Waals surface area contributed by atoms with E-state index < -0.39 is 0 Å². The summed E-state index contributed by atoms with van der Waals surface area (Å²) in [6, 6.07) is 11.6. The largest absolute Gasteiger partial charge is 0.355 e. The number of hydrogen-bond donors (Lipinski definition) is 1. The third-order valence-corrected chi connectivity index (χ3v) is 3.70. The average Bonchev–Trinajstić information content (AvgIpc) is 2.59. The van der Waals surface area contributed by atoms with Crippen molar-refractivity contribution in [3.05, 3.63) is 76.6 Å². The smallest absolute Gasteiger partial charge is 0.255 e. The van der Waals surface area contributed by atoms with Gasteiger partial charge in [0.1, 0.15) is 5.82 Å². The fourth-order valence-corrected chi connectivity index (χ4v) is 2.38. The Morgan fingerprint density at radius 3 is 2.71 bits per heavy atom. The molecule has 1 aromatic carbocycles. The topological polar surface area (TPSA) is 59.8 Å². The van der Waals surface area contributed by atoms with Crippen LogP contribution in [0.1, 0.15) is 5.56 Å². The van der Waals surface area contributed by atoms with E-state index in [1.165, 1.54) is 22.8 Å². The van der Waals surface area contributed by atoms with Crippen LogP contribution in [-0.2, 0) is 13.5 Å². The van der Waals surface area contributed by atoms with Crippen LogP contribution >= 0.6 is 0 Å². The van der Waals surface area contributed by atoms with Crippen molar-refractivity contribution in [1.29, 1.82) is 0 Å². The molecular weight excluding hydrogens is 307 g/mol. The second-order valence-corrected chi connectivity index (χ2v) is 5.40. The highest BCUT2D eigenvalue weighted by Gasteiger charge is 2.07. The predicted octanol–water partition coefficient (Wildman–Crippen LogP) is 2.64. The summed E-state index contributed by atoms with van der Waals surface area (Å²) in [5, 5.41) is 3.15. The Kier molecular flexibility index (Phi) is 4.65. The first-order valence-corrected chi connectivity index (χ1v) is 7.60. The number of rotatable bonds is 5. The van der Waals surface area contributed by atoms with Crippen molar-refractivity contribution in [2.45, 2.75) is 6.42 Å². The Morgan fingerprint density at radius 1 is 1.17 bits per heavy atom. The second-order valence-electron chi connectivity index (χ2n) is 5.40. The van der Waals surface area contributed by atoms with Gasteiger partial charge in [0.15, 0.2) is 0 Å². The van der Waals surface area contributed by atoms with Gasteiger partial charge in [0.05, 0.1) is 5.69 Å². The molecule has 1 N–H and O–H groups in total. The minimum absolute atomic E-state index is 0.148. The molecule has 0 saturated carbocycles. The molecule has 6 heteroatoms. The summed E-state index contributed by atoms with van der Waals surface area (Å²) >= 11 is 0. The summed E-state index contributed by atoms with van der Waals surface area (Å²) in [7, 11) is 1.66. The monoisotopic (exact) mass is 324 g/mol. The lowest BCUT2D eigenvalue weighted by Gasteiger charge is -2.11. The van der Waals surface area contributed by atoms with E-state index in [9.17, 15) is 9.18 Å². The molecule has 0 atom stereocenters. The molecule has 5 nitrogen and oxygen atoms in total. The van der Waals surface area contributed by atoms with Gasteiger partial charge < -0.3 is 5.32 Å². The lowest BCUT2D eigenvalue weighted by molar-refractivity contribution is 0.625. The van der Waals surface area contributed by atoms with Gasteiger partial charge in [0.2, 0.25) is 5.95 Å². The first-order chi connectivity index (χ1) is 11.6. The summed E-state index contributed by atoms with van der Waals surface area (Å²) in [5.41, 5.74) is 2.16. The normalized spacial score (nSPS) is 10.6. The van der Waals surface area contributed by atoms with Gasteiger partial charge in [-0.3, -0.25) is 14.3 Å². The molecule has 24 heavy (non-hydrogen) atoms. The van der Waals surface area contributed by atoms with Gasteiger partial charge in [-0.05, 0) is 36.2 Å². The van der Waals surface area contributed by atoms with Gasteiger partial charge in [-0.25, -0.2) is 9.37 Å². The maximum Gasteiger partial charge on any atom is 0.255 e. The van der Waals surface area contributed by atoms with Crippen LogP contribution in [0.4, 0.5) is 10.3 Å². The Balaban J connectivity index is 1.78. The van der Waals surface area contributed by atoms with Crippen LogP contribution in [0.25, 0.3) is 11.3 Å². The highest BCUT2D eigenvalue weighted by molar-refractivity contribution is 5.59. The Labute approximate surface area is 138 Å². The van der Waals surface area contributed by atoms with Gasteiger partial charge in [0.25, 0.3) is 5.56 Å². The maximum absolute atomic E-state index is 13.2. The molecular formula is C18H17FN4O. The van der Waals surface area contributed by atoms with E-state index in [1.54, 1.807) is 37.6 Å². The fourth-order valence-electron chi connectivity index (χ4n) is 2.38. The van der Waals surface area contributed by atoms with Crippen molar-refractivity contribution in [3.63, 3.8) is 0 Å². The van der Waals surface area contributed by atoms with E-state index in [2.05, 4.69) is 15.3 Å². The predicted molar refractivity (Wildman–Crippen MR) is 91.3 cm³/mol. The lowest BCUT2D eigenvalue weighted by Crippen LogP contribution is -2.22. The van der Waals surface area contributed by atoms with Gasteiger partial charge in [-0.15, -0.1) is 0 Å². The standard InChI is InChI=1S/C18H17FN4O/c1-23-17(24)12-16(14-6-8-20-9-7-14)22-18(23)21-10-5-13-3-2-4-15(19)11-13/h2-4,6-9,11-12H,5,10H2,1H3,(H,21,22). The van der Waals surface area contributed by atoms with Crippen LogP contribution in [0.15, 0.2) is 59.7 Å². The molecule has 2 heterocycles. The van der Waals surface area contributed by atoms with E-state index in [1.807, 2.05) is 6.07 Å². The lowest BCUT2D eigenvalue weighted by atomic mass is 10.1. The van der Waals surface area contributed by atoms with Crippen LogP contribution in [0, 0.1) is 5.82 Å². The van der Waals surface area contributed by atoms with E-state index in [0.717, 1.165) is 11.1 Å². The number of hydrogen-bond acceptors (Lipinski definition) is 4. The Morgan fingerprint density at radius 2 is 1.96 bits per heavy atom. The number of nitrogens with one attached hydrogen (secondary N) is 1. The summed E-state index contributed by atoms with van der Waals surface area (Å²) in [6.07, 6.45) is 3.95. The molecule has 0 saturated heterocycles. The number of nitrogens with zero attached hydrogens (tertiary/aromatic N) is 3. The zero-order valence-electron chi connectivity index (χ0n) is 13.2. The van der Waals surface area contributed by atoms with Gasteiger partial charge in [-0.1, -0.05) is 12.1 Å². The minimum atomic E-state index is -0.252. The SMILES string of the molecule is Cn1c(NCCc2cccc(F)c2)nc(-c2ccncc2)cc1=O. The van der Waals surface area contributed by atoms with Crippen LogP contribution < -0.4 is 10.9 Å². The molecule has 0 aliphatic carbocycles. The van der Waals surface area contributed by atoms with Crippen molar-refractivity contribution >= 4 is 5.95 Å². The third kappa shape index (κ3) is 3.65. The van der Waals surface area contributed by atoms with Crippen molar-refractivity contribution in [1.82, 2.24) is 14.5 Å². The molecule has 3 rings (SSSR count). The number of benzene rings is 1. The van der Waals surface area contributed by atoms with Crippen molar-refractivity contribution < 1.29 is 4.39 Å². The summed E-state index contributed by atoms with van der Waals surface area (Å²) in [4.78, 5) is 20.6. The molecule has 2 aromatic heterocycles. The van der Waals surface area contributed by atoms with E-state index in [-0.39, 0.29) is 11.4 Å². The van der Waals surface area contributed by atoms with E-state index >= 15 is 0 Å². The van der Waals surface area contributed by atoms with Crippen molar-refractivity contribution in [3.8, 4) is 11.3 Å². The molecule has 0 aliphatic heterocycles. The molecule has 122 valence electrons. The van der Waals surface area contributed by atoms with Gasteiger partial charge in [0, 0.05) is 37.6 Å². The number of aromatic nitrogens is 3. The zero-order chi connectivity index (χ0) is 16.9. The van der Waals surface area contributed by atoms with Crippen LogP contribution in [0.3, 0.4) is 0 Å². The number of pyridine rings is 1. The molecule has 0 unspecified atom stereocenters.